The van der Waals surface area contributed by atoms with Gasteiger partial charge in [-0.15, -0.1) is 0 Å². The number of benzene rings is 3. The van der Waals surface area contributed by atoms with Gasteiger partial charge in [0, 0.05) is 54.4 Å². The molecule has 9 nitrogen and oxygen atoms in total. The van der Waals surface area contributed by atoms with Crippen molar-refractivity contribution in [3.05, 3.63) is 118 Å². The van der Waals surface area contributed by atoms with Gasteiger partial charge in [0.05, 0.1) is 29.9 Å². The third kappa shape index (κ3) is 6.68. The fraction of sp³-hybridized carbons (Fsp3) is 0.270. The zero-order valence-corrected chi connectivity index (χ0v) is 28.0. The first kappa shape index (κ1) is 35.6. The summed E-state index contributed by atoms with van der Waals surface area (Å²) in [6.45, 7) is -0.582. The van der Waals surface area contributed by atoms with Gasteiger partial charge in [0.1, 0.15) is 5.82 Å². The second-order valence-corrected chi connectivity index (χ2v) is 13.1. The average molecular weight is 738 g/mol. The number of amides is 2. The largest absolute Gasteiger partial charge is 0.417 e. The minimum Gasteiger partial charge on any atom is -0.369 e. The van der Waals surface area contributed by atoms with E-state index in [4.69, 9.17) is 5.73 Å². The second-order valence-electron chi connectivity index (χ2n) is 13.1. The fourth-order valence-electron chi connectivity index (χ4n) is 6.94. The van der Waals surface area contributed by atoms with Crippen LogP contribution >= 0.6 is 0 Å². The number of hydrogen-bond donors (Lipinski definition) is 1. The molecule has 2 aromatic heterocycles. The molecule has 53 heavy (non-hydrogen) atoms. The first-order chi connectivity index (χ1) is 25.0. The molecule has 0 saturated carbocycles. The maximum absolute atomic E-state index is 14.3. The molecule has 5 aromatic rings. The van der Waals surface area contributed by atoms with Crippen molar-refractivity contribution < 1.29 is 40.3 Å². The molecular weight excluding hydrogens is 707 g/mol. The molecule has 1 atom stereocenters. The van der Waals surface area contributed by atoms with Crippen LogP contribution in [-0.2, 0) is 43.2 Å². The molecule has 0 saturated heterocycles. The number of alkyl halides is 6. The fourth-order valence-corrected chi connectivity index (χ4v) is 6.94. The molecule has 0 unspecified atom stereocenters. The number of carbonyl (C=O) groups excluding carboxylic acids is 2. The van der Waals surface area contributed by atoms with Crippen LogP contribution in [0.5, 0.6) is 0 Å². The van der Waals surface area contributed by atoms with Gasteiger partial charge in [0.15, 0.2) is 17.3 Å². The van der Waals surface area contributed by atoms with Crippen molar-refractivity contribution in [3.8, 4) is 11.4 Å². The van der Waals surface area contributed by atoms with Gasteiger partial charge in [-0.3, -0.25) is 14.5 Å². The predicted octanol–water partition coefficient (Wildman–Crippen LogP) is 7.23. The Morgan fingerprint density at radius 2 is 1.74 bits per heavy atom. The summed E-state index contributed by atoms with van der Waals surface area (Å²) in [5.41, 5.74) is 5.26. The van der Waals surface area contributed by atoms with E-state index in [0.717, 1.165) is 51.7 Å². The molecule has 16 heteroatoms. The number of nitrogens with two attached hydrogens (primary N) is 1. The van der Waals surface area contributed by atoms with E-state index in [1.807, 2.05) is 42.1 Å². The first-order valence-electron chi connectivity index (χ1n) is 16.4. The lowest BCUT2D eigenvalue weighted by Crippen LogP contribution is -2.42. The van der Waals surface area contributed by atoms with Crippen LogP contribution in [0.4, 0.5) is 30.7 Å². The van der Waals surface area contributed by atoms with Crippen molar-refractivity contribution in [2.24, 2.45) is 17.8 Å². The predicted molar refractivity (Wildman–Crippen MR) is 179 cm³/mol. The summed E-state index contributed by atoms with van der Waals surface area (Å²) < 4.78 is 97.8. The van der Waals surface area contributed by atoms with E-state index in [2.05, 4.69) is 15.0 Å². The van der Waals surface area contributed by atoms with Crippen LogP contribution in [0.1, 0.15) is 57.6 Å². The van der Waals surface area contributed by atoms with Crippen molar-refractivity contribution in [3.63, 3.8) is 0 Å². The summed E-state index contributed by atoms with van der Waals surface area (Å²) in [5, 5.41) is 0.908. The van der Waals surface area contributed by atoms with Crippen molar-refractivity contribution in [2.75, 3.05) is 0 Å². The Labute approximate surface area is 297 Å². The van der Waals surface area contributed by atoms with E-state index < -0.39 is 78.4 Å². The molecule has 0 radical (unpaired) electrons. The van der Waals surface area contributed by atoms with E-state index in [-0.39, 0.29) is 24.2 Å². The van der Waals surface area contributed by atoms with Crippen molar-refractivity contribution in [1.29, 1.82) is 0 Å². The molecule has 274 valence electrons. The minimum atomic E-state index is -4.92. The molecule has 0 spiro atoms. The number of carbonyl (C=O) groups is 2. The number of aliphatic imine (C=N–C) groups is 1. The van der Waals surface area contributed by atoms with E-state index in [1.54, 1.807) is 6.20 Å². The molecule has 0 aliphatic carbocycles. The lowest BCUT2D eigenvalue weighted by molar-refractivity contribution is -0.139. The number of guanidine groups is 1. The number of aromatic nitrogens is 3. The summed E-state index contributed by atoms with van der Waals surface area (Å²) in [4.78, 5) is 43.4. The molecule has 0 bridgehead atoms. The van der Waals surface area contributed by atoms with Crippen LogP contribution < -0.4 is 5.73 Å². The summed E-state index contributed by atoms with van der Waals surface area (Å²) in [6.07, 6.45) is -8.15. The van der Waals surface area contributed by atoms with Gasteiger partial charge in [-0.2, -0.15) is 26.3 Å². The van der Waals surface area contributed by atoms with Crippen molar-refractivity contribution in [1.82, 2.24) is 24.3 Å². The van der Waals surface area contributed by atoms with Gasteiger partial charge in [-0.05, 0) is 60.4 Å². The smallest absolute Gasteiger partial charge is 0.369 e. The molecule has 7 rings (SSSR count). The summed E-state index contributed by atoms with van der Waals surface area (Å²) in [7, 11) is 1.90. The Kier molecular flexibility index (Phi) is 8.73. The van der Waals surface area contributed by atoms with Crippen LogP contribution in [0.25, 0.3) is 22.3 Å². The Balaban J connectivity index is 1.16. The Morgan fingerprint density at radius 1 is 0.981 bits per heavy atom. The van der Waals surface area contributed by atoms with Crippen LogP contribution in [0, 0.1) is 5.82 Å². The van der Waals surface area contributed by atoms with Gasteiger partial charge in [-0.1, -0.05) is 30.3 Å². The van der Waals surface area contributed by atoms with Gasteiger partial charge in [0.2, 0.25) is 0 Å². The van der Waals surface area contributed by atoms with Gasteiger partial charge in [-0.25, -0.2) is 19.4 Å². The maximum atomic E-state index is 14.3. The Morgan fingerprint density at radius 3 is 2.45 bits per heavy atom. The van der Waals surface area contributed by atoms with Gasteiger partial charge in [0.25, 0.3) is 11.8 Å². The highest BCUT2D eigenvalue weighted by Crippen LogP contribution is 2.41. The van der Waals surface area contributed by atoms with E-state index in [0.29, 0.717) is 17.1 Å². The molecular formula is C37H30F7N7O2. The van der Waals surface area contributed by atoms with E-state index >= 15 is 0 Å². The van der Waals surface area contributed by atoms with Crippen LogP contribution in [-0.4, -0.2) is 48.3 Å². The number of hydrogen-bond acceptors (Lipinski definition) is 6. The monoisotopic (exact) mass is 737 g/mol. The lowest BCUT2D eigenvalue weighted by atomic mass is 9.84. The maximum Gasteiger partial charge on any atom is 0.417 e. The van der Waals surface area contributed by atoms with Crippen molar-refractivity contribution >= 4 is 28.7 Å². The Hall–Kier alpha value is -5.80. The average Bonchev–Trinajstić information content (AvgIpc) is 3.77. The van der Waals surface area contributed by atoms with Gasteiger partial charge < -0.3 is 15.2 Å². The van der Waals surface area contributed by atoms with Gasteiger partial charge >= 0.3 is 12.4 Å². The summed E-state index contributed by atoms with van der Waals surface area (Å²) in [6, 6.07) is 14.9. The molecule has 2 aliphatic rings. The first-order valence-corrected chi connectivity index (χ1v) is 16.4. The number of halogens is 7. The summed E-state index contributed by atoms with van der Waals surface area (Å²) in [5.74, 6) is -2.43. The molecule has 2 aliphatic heterocycles. The quantitative estimate of drug-likeness (QED) is 0.169. The number of aryl methyl sites for hydroxylation is 1. The normalized spacial score (nSPS) is 17.5. The number of fused-ring (bicyclic) bond motifs is 2. The molecule has 3 aromatic carbocycles. The zero-order valence-electron chi connectivity index (χ0n) is 28.0. The topological polar surface area (TPSA) is 110 Å². The highest BCUT2D eigenvalue weighted by atomic mass is 19.4. The minimum absolute atomic E-state index is 0.0478. The SMILES string of the molecule is Cn1ccc2c(-c3ncc4c(n3)CN(C(=O)c3cc(CN5C(=O)[C@@](CCCC(F)(F)F)(c6ccc(F)cc6)N=C5N)ccc3C(F)(F)F)C4)cccc21. The Bertz CT molecular complexity index is 2280. The second kappa shape index (κ2) is 13.0. The van der Waals surface area contributed by atoms with E-state index in [1.165, 1.54) is 17.0 Å². The van der Waals surface area contributed by atoms with Crippen molar-refractivity contribution in [2.45, 2.75) is 56.8 Å². The molecule has 2 N–H and O–H groups in total. The third-order valence-electron chi connectivity index (χ3n) is 9.57. The third-order valence-corrected chi connectivity index (χ3v) is 9.57. The standard InChI is InChI=1S/C37H30F7N7O2/c1-49-15-12-25-26(4-2-5-30(25)49)31-46-17-22-19-50(20-29(22)47-31)32(52)27-16-21(6-11-28(27)37(42,43)44)18-51-33(53)35(48-34(51)45,13-3-14-36(39,40)41)23-7-9-24(38)10-8-23/h2,4-12,15-17H,3,13-14,18-20H2,1H3,(H2,45,48)/t35-/m1/s1. The van der Waals surface area contributed by atoms with Crippen LogP contribution in [0.3, 0.4) is 0 Å². The molecule has 4 heterocycles. The molecule has 2 amide bonds. The molecule has 0 fully saturated rings. The highest BCUT2D eigenvalue weighted by molar-refractivity contribution is 6.07. The number of rotatable bonds is 8. The lowest BCUT2D eigenvalue weighted by Gasteiger charge is -2.27. The van der Waals surface area contributed by atoms with Crippen LogP contribution in [0.2, 0.25) is 0 Å². The summed E-state index contributed by atoms with van der Waals surface area (Å²) >= 11 is 0. The number of nitrogens with zero attached hydrogens (tertiary/aromatic N) is 6. The highest BCUT2D eigenvalue weighted by Gasteiger charge is 2.49. The van der Waals surface area contributed by atoms with E-state index in [9.17, 15) is 40.3 Å². The zero-order chi connectivity index (χ0) is 37.9. The van der Waals surface area contributed by atoms with Crippen LogP contribution in [0.15, 0.2) is 84.1 Å².